The van der Waals surface area contributed by atoms with E-state index in [4.69, 9.17) is 4.74 Å². The fourth-order valence-electron chi connectivity index (χ4n) is 2.75. The Balaban J connectivity index is 1.91. The first-order valence-electron chi connectivity index (χ1n) is 8.37. The van der Waals surface area contributed by atoms with Crippen molar-refractivity contribution in [2.24, 2.45) is 0 Å². The van der Waals surface area contributed by atoms with Crippen LogP contribution >= 0.6 is 0 Å². The molecule has 23 heavy (non-hydrogen) atoms. The van der Waals surface area contributed by atoms with Crippen molar-refractivity contribution in [3.63, 3.8) is 0 Å². The van der Waals surface area contributed by atoms with Gasteiger partial charge in [-0.05, 0) is 56.7 Å². The molecule has 0 N–H and O–H groups in total. The monoisotopic (exact) mass is 310 g/mol. The quantitative estimate of drug-likeness (QED) is 0.656. The van der Waals surface area contributed by atoms with Crippen LogP contribution in [0.3, 0.4) is 0 Å². The summed E-state index contributed by atoms with van der Waals surface area (Å²) in [6, 6.07) is 18.1. The van der Waals surface area contributed by atoms with Crippen molar-refractivity contribution in [1.82, 2.24) is 0 Å². The third-order valence-corrected chi connectivity index (χ3v) is 4.07. The molecule has 0 aromatic heterocycles. The van der Waals surface area contributed by atoms with Gasteiger partial charge in [0.05, 0.1) is 5.56 Å². The lowest BCUT2D eigenvalue weighted by molar-refractivity contribution is -0.00530. The second-order valence-electron chi connectivity index (χ2n) is 6.50. The van der Waals surface area contributed by atoms with Gasteiger partial charge in [-0.2, -0.15) is 0 Å². The topological polar surface area (TPSA) is 26.3 Å². The van der Waals surface area contributed by atoms with Crippen LogP contribution in [0, 0.1) is 0 Å². The number of ether oxygens (including phenoxy) is 1. The first kappa shape index (κ1) is 17.3. The van der Waals surface area contributed by atoms with Crippen molar-refractivity contribution in [2.75, 3.05) is 0 Å². The number of carbonyl (C=O) groups is 1. The van der Waals surface area contributed by atoms with Crippen molar-refractivity contribution in [3.05, 3.63) is 71.3 Å². The highest BCUT2D eigenvalue weighted by molar-refractivity contribution is 5.91. The number of esters is 1. The number of benzene rings is 2. The van der Waals surface area contributed by atoms with E-state index in [2.05, 4.69) is 31.2 Å². The van der Waals surface area contributed by atoms with Crippen LogP contribution < -0.4 is 0 Å². The second-order valence-corrected chi connectivity index (χ2v) is 6.50. The zero-order valence-electron chi connectivity index (χ0n) is 14.3. The van der Waals surface area contributed by atoms with E-state index in [9.17, 15) is 4.79 Å². The Hall–Kier alpha value is -2.09. The summed E-state index contributed by atoms with van der Waals surface area (Å²) in [4.78, 5) is 12.5. The molecule has 2 rings (SSSR count). The molecule has 0 saturated carbocycles. The molecule has 0 spiro atoms. The van der Waals surface area contributed by atoms with Gasteiger partial charge < -0.3 is 4.74 Å². The molecule has 2 aromatic rings. The number of carbonyl (C=O) groups excluding carboxylic acids is 1. The van der Waals surface area contributed by atoms with Gasteiger partial charge in [-0.3, -0.25) is 0 Å². The zero-order chi connectivity index (χ0) is 16.7. The van der Waals surface area contributed by atoms with E-state index in [0.717, 1.165) is 31.2 Å². The third kappa shape index (κ3) is 5.24. The minimum absolute atomic E-state index is 0.216. The first-order chi connectivity index (χ1) is 11.0. The van der Waals surface area contributed by atoms with Crippen LogP contribution in [-0.2, 0) is 17.6 Å². The molecule has 0 amide bonds. The van der Waals surface area contributed by atoms with Crippen molar-refractivity contribution in [1.29, 1.82) is 0 Å². The molecule has 0 saturated heterocycles. The summed E-state index contributed by atoms with van der Waals surface area (Å²) in [5.74, 6) is -0.216. The SMILES string of the molecule is CCc1ccccc1C(=O)OC(C)(C)CCCc1ccccc1. The summed E-state index contributed by atoms with van der Waals surface area (Å²) in [5.41, 5.74) is 2.60. The predicted molar refractivity (Wildman–Crippen MR) is 94.7 cm³/mol. The van der Waals surface area contributed by atoms with Gasteiger partial charge in [0.1, 0.15) is 5.60 Å². The summed E-state index contributed by atoms with van der Waals surface area (Å²) in [6.45, 7) is 6.03. The highest BCUT2D eigenvalue weighted by Gasteiger charge is 2.24. The van der Waals surface area contributed by atoms with Crippen LogP contribution in [0.4, 0.5) is 0 Å². The highest BCUT2D eigenvalue weighted by Crippen LogP contribution is 2.22. The molecule has 2 heteroatoms. The van der Waals surface area contributed by atoms with E-state index in [0.29, 0.717) is 5.56 Å². The molecular weight excluding hydrogens is 284 g/mol. The van der Waals surface area contributed by atoms with Crippen LogP contribution in [0.15, 0.2) is 54.6 Å². The van der Waals surface area contributed by atoms with Gasteiger partial charge in [-0.25, -0.2) is 4.79 Å². The number of hydrogen-bond donors (Lipinski definition) is 0. The predicted octanol–water partition coefficient (Wildman–Crippen LogP) is 5.21. The summed E-state index contributed by atoms with van der Waals surface area (Å²) >= 11 is 0. The van der Waals surface area contributed by atoms with Crippen molar-refractivity contribution in [2.45, 2.75) is 52.1 Å². The normalized spacial score (nSPS) is 11.3. The van der Waals surface area contributed by atoms with Crippen molar-refractivity contribution < 1.29 is 9.53 Å². The zero-order valence-corrected chi connectivity index (χ0v) is 14.3. The molecule has 0 heterocycles. The van der Waals surface area contributed by atoms with Crippen LogP contribution in [0.5, 0.6) is 0 Å². The number of aryl methyl sites for hydroxylation is 2. The standard InChI is InChI=1S/C21H26O2/c1-4-18-14-8-9-15-19(18)20(22)23-21(2,3)16-10-13-17-11-6-5-7-12-17/h5-9,11-12,14-15H,4,10,13,16H2,1-3H3. The molecule has 0 bridgehead atoms. The van der Waals surface area contributed by atoms with Crippen molar-refractivity contribution >= 4 is 5.97 Å². The molecule has 2 nitrogen and oxygen atoms in total. The average Bonchev–Trinajstić information content (AvgIpc) is 2.55. The summed E-state index contributed by atoms with van der Waals surface area (Å²) in [7, 11) is 0. The highest BCUT2D eigenvalue weighted by atomic mass is 16.6. The smallest absolute Gasteiger partial charge is 0.338 e. The maximum atomic E-state index is 12.5. The Labute approximate surface area is 139 Å². The maximum Gasteiger partial charge on any atom is 0.338 e. The first-order valence-corrected chi connectivity index (χ1v) is 8.37. The minimum Gasteiger partial charge on any atom is -0.456 e. The van der Waals surface area contributed by atoms with Gasteiger partial charge in [0.15, 0.2) is 0 Å². The molecule has 0 unspecified atom stereocenters. The summed E-state index contributed by atoms with van der Waals surface area (Å²) < 4.78 is 5.77. The molecule has 0 atom stereocenters. The van der Waals surface area contributed by atoms with E-state index >= 15 is 0 Å². The lowest BCUT2D eigenvalue weighted by Crippen LogP contribution is -2.28. The third-order valence-electron chi connectivity index (χ3n) is 4.07. The Morgan fingerprint density at radius 3 is 2.35 bits per heavy atom. The van der Waals surface area contributed by atoms with Gasteiger partial charge in [-0.15, -0.1) is 0 Å². The van der Waals surface area contributed by atoms with Gasteiger partial charge in [0, 0.05) is 0 Å². The molecule has 122 valence electrons. The van der Waals surface area contributed by atoms with E-state index in [1.807, 2.05) is 44.2 Å². The minimum atomic E-state index is -0.452. The van der Waals surface area contributed by atoms with Crippen LogP contribution in [-0.4, -0.2) is 11.6 Å². The van der Waals surface area contributed by atoms with E-state index in [1.165, 1.54) is 5.56 Å². The summed E-state index contributed by atoms with van der Waals surface area (Å²) in [5, 5.41) is 0. The Morgan fingerprint density at radius 1 is 1.00 bits per heavy atom. The lowest BCUT2D eigenvalue weighted by Gasteiger charge is -2.25. The van der Waals surface area contributed by atoms with E-state index in [1.54, 1.807) is 0 Å². The Kier molecular flexibility index (Phi) is 5.97. The van der Waals surface area contributed by atoms with Crippen LogP contribution in [0.25, 0.3) is 0 Å². The van der Waals surface area contributed by atoms with Crippen LogP contribution in [0.1, 0.15) is 55.1 Å². The van der Waals surface area contributed by atoms with Gasteiger partial charge in [0.25, 0.3) is 0 Å². The average molecular weight is 310 g/mol. The lowest BCUT2D eigenvalue weighted by atomic mass is 9.98. The Bertz CT molecular complexity index is 629. The summed E-state index contributed by atoms with van der Waals surface area (Å²) in [6.07, 6.45) is 3.69. The molecule has 0 fully saturated rings. The maximum absolute atomic E-state index is 12.5. The van der Waals surface area contributed by atoms with E-state index in [-0.39, 0.29) is 5.97 Å². The van der Waals surface area contributed by atoms with Gasteiger partial charge in [-0.1, -0.05) is 55.5 Å². The molecule has 0 aliphatic carbocycles. The van der Waals surface area contributed by atoms with Gasteiger partial charge >= 0.3 is 5.97 Å². The fourth-order valence-corrected chi connectivity index (χ4v) is 2.75. The van der Waals surface area contributed by atoms with Gasteiger partial charge in [0.2, 0.25) is 0 Å². The largest absolute Gasteiger partial charge is 0.456 e. The molecule has 0 aliphatic heterocycles. The Morgan fingerprint density at radius 2 is 1.65 bits per heavy atom. The fraction of sp³-hybridized carbons (Fsp3) is 0.381. The number of hydrogen-bond acceptors (Lipinski definition) is 2. The molecule has 0 aliphatic rings. The number of rotatable bonds is 7. The van der Waals surface area contributed by atoms with Crippen LogP contribution in [0.2, 0.25) is 0 Å². The van der Waals surface area contributed by atoms with Crippen molar-refractivity contribution in [3.8, 4) is 0 Å². The second kappa shape index (κ2) is 7.96. The molecule has 2 aromatic carbocycles. The molecular formula is C21H26O2. The molecule has 0 radical (unpaired) electrons. The van der Waals surface area contributed by atoms with E-state index < -0.39 is 5.60 Å².